The molecule has 1 aliphatic rings. The Bertz CT molecular complexity index is 716. The monoisotopic (exact) mass is 363 g/mol. The van der Waals surface area contributed by atoms with E-state index in [9.17, 15) is 4.79 Å². The number of halogens is 1. The van der Waals surface area contributed by atoms with Crippen molar-refractivity contribution >= 4 is 17.5 Å². The molecular weight excluding hydrogens is 342 g/mol. The minimum absolute atomic E-state index is 0.0486. The summed E-state index contributed by atoms with van der Waals surface area (Å²) in [6, 6.07) is 7.42. The van der Waals surface area contributed by atoms with Crippen LogP contribution in [0.5, 0.6) is 0 Å². The molecular formula is C17H22ClN5O2. The maximum Gasteiger partial charge on any atom is 0.238 e. The number of hydrazine groups is 1. The van der Waals surface area contributed by atoms with E-state index in [0.717, 1.165) is 5.56 Å². The SMILES string of the molecule is CC(C)c1noc(CCNC(=O)C2CC(c3ccc(Cl)cc3)NN2)n1. The third-order valence-electron chi connectivity index (χ3n) is 4.13. The Morgan fingerprint density at radius 1 is 1.36 bits per heavy atom. The zero-order valence-corrected chi connectivity index (χ0v) is 15.0. The molecule has 0 aliphatic carbocycles. The Labute approximate surface area is 151 Å². The van der Waals surface area contributed by atoms with Crippen LogP contribution >= 0.6 is 11.6 Å². The van der Waals surface area contributed by atoms with E-state index in [0.29, 0.717) is 36.1 Å². The van der Waals surface area contributed by atoms with E-state index in [4.69, 9.17) is 16.1 Å². The van der Waals surface area contributed by atoms with Crippen molar-refractivity contribution < 1.29 is 9.32 Å². The number of benzene rings is 1. The lowest BCUT2D eigenvalue weighted by Crippen LogP contribution is -2.43. The van der Waals surface area contributed by atoms with E-state index >= 15 is 0 Å². The summed E-state index contributed by atoms with van der Waals surface area (Å²) in [6.07, 6.45) is 1.19. The Balaban J connectivity index is 1.45. The molecule has 0 radical (unpaired) electrons. The summed E-state index contributed by atoms with van der Waals surface area (Å²) >= 11 is 5.91. The summed E-state index contributed by atoms with van der Waals surface area (Å²) in [4.78, 5) is 16.6. The van der Waals surface area contributed by atoms with Crippen LogP contribution in [0.25, 0.3) is 0 Å². The van der Waals surface area contributed by atoms with Crippen LogP contribution < -0.4 is 16.2 Å². The van der Waals surface area contributed by atoms with Gasteiger partial charge in [0.2, 0.25) is 11.8 Å². The van der Waals surface area contributed by atoms with Gasteiger partial charge in [0.25, 0.3) is 0 Å². The molecule has 1 fully saturated rings. The van der Waals surface area contributed by atoms with Crippen LogP contribution in [-0.2, 0) is 11.2 Å². The Kier molecular flexibility index (Phi) is 5.67. The van der Waals surface area contributed by atoms with Crippen molar-refractivity contribution in [2.45, 2.75) is 44.7 Å². The predicted molar refractivity (Wildman–Crippen MR) is 94.0 cm³/mol. The predicted octanol–water partition coefficient (Wildman–Crippen LogP) is 2.11. The third-order valence-corrected chi connectivity index (χ3v) is 4.38. The summed E-state index contributed by atoms with van der Waals surface area (Å²) in [5.74, 6) is 1.41. The van der Waals surface area contributed by atoms with E-state index < -0.39 is 0 Å². The van der Waals surface area contributed by atoms with Gasteiger partial charge in [-0.1, -0.05) is 42.7 Å². The summed E-state index contributed by atoms with van der Waals surface area (Å²) in [5, 5.41) is 7.51. The number of hydrogen-bond donors (Lipinski definition) is 3. The van der Waals surface area contributed by atoms with Crippen LogP contribution in [0.1, 0.15) is 49.5 Å². The molecule has 3 rings (SSSR count). The highest BCUT2D eigenvalue weighted by Gasteiger charge is 2.29. The molecule has 2 heterocycles. The smallest absolute Gasteiger partial charge is 0.238 e. The van der Waals surface area contributed by atoms with Crippen LogP contribution in [0.15, 0.2) is 28.8 Å². The fraction of sp³-hybridized carbons (Fsp3) is 0.471. The highest BCUT2D eigenvalue weighted by atomic mass is 35.5. The van der Waals surface area contributed by atoms with Gasteiger partial charge in [-0.15, -0.1) is 0 Å². The molecule has 3 N–H and O–H groups in total. The summed E-state index contributed by atoms with van der Waals surface area (Å²) in [5.41, 5.74) is 7.29. The summed E-state index contributed by atoms with van der Waals surface area (Å²) in [6.45, 7) is 4.47. The zero-order chi connectivity index (χ0) is 17.8. The van der Waals surface area contributed by atoms with Crippen LogP contribution in [0, 0.1) is 0 Å². The largest absolute Gasteiger partial charge is 0.354 e. The molecule has 25 heavy (non-hydrogen) atoms. The lowest BCUT2D eigenvalue weighted by Gasteiger charge is -2.10. The lowest BCUT2D eigenvalue weighted by molar-refractivity contribution is -0.122. The normalized spacial score (nSPS) is 20.2. The van der Waals surface area contributed by atoms with E-state index in [2.05, 4.69) is 26.3 Å². The number of hydrogen-bond acceptors (Lipinski definition) is 6. The zero-order valence-electron chi connectivity index (χ0n) is 14.3. The molecule has 2 unspecified atom stereocenters. The maximum atomic E-state index is 12.3. The highest BCUT2D eigenvalue weighted by Crippen LogP contribution is 2.23. The molecule has 1 amide bonds. The summed E-state index contributed by atoms with van der Waals surface area (Å²) < 4.78 is 5.17. The standard InChI is InChI=1S/C17H22ClN5O2/c1-10(2)16-20-15(25-23-16)7-8-19-17(24)14-9-13(21-22-14)11-3-5-12(18)6-4-11/h3-6,10,13-14,21-22H,7-9H2,1-2H3,(H,19,24). The van der Waals surface area contributed by atoms with E-state index in [1.54, 1.807) is 0 Å². The lowest BCUT2D eigenvalue weighted by atomic mass is 10.0. The quantitative estimate of drug-likeness (QED) is 0.728. The highest BCUT2D eigenvalue weighted by molar-refractivity contribution is 6.30. The topological polar surface area (TPSA) is 92.1 Å². The first kappa shape index (κ1) is 17.8. The number of nitrogens with one attached hydrogen (secondary N) is 3. The molecule has 134 valence electrons. The van der Waals surface area contributed by atoms with Gasteiger partial charge in [-0.2, -0.15) is 4.98 Å². The summed E-state index contributed by atoms with van der Waals surface area (Å²) in [7, 11) is 0. The average Bonchev–Trinajstić information content (AvgIpc) is 3.25. The maximum absolute atomic E-state index is 12.3. The first-order valence-electron chi connectivity index (χ1n) is 8.39. The second kappa shape index (κ2) is 7.95. The van der Waals surface area contributed by atoms with Crippen molar-refractivity contribution in [3.05, 3.63) is 46.6 Å². The first-order chi connectivity index (χ1) is 12.0. The molecule has 0 bridgehead atoms. The Morgan fingerprint density at radius 2 is 2.12 bits per heavy atom. The second-order valence-electron chi connectivity index (χ2n) is 6.42. The molecule has 2 atom stereocenters. The van der Waals surface area contributed by atoms with Gasteiger partial charge in [0.15, 0.2) is 5.82 Å². The van der Waals surface area contributed by atoms with Gasteiger partial charge in [0.05, 0.1) is 0 Å². The first-order valence-corrected chi connectivity index (χ1v) is 8.77. The fourth-order valence-electron chi connectivity index (χ4n) is 2.66. The number of aromatic nitrogens is 2. The number of carbonyl (C=O) groups excluding carboxylic acids is 1. The van der Waals surface area contributed by atoms with Gasteiger partial charge in [-0.05, 0) is 24.1 Å². The van der Waals surface area contributed by atoms with Gasteiger partial charge in [-0.25, -0.2) is 10.9 Å². The average molecular weight is 364 g/mol. The fourth-order valence-corrected chi connectivity index (χ4v) is 2.79. The second-order valence-corrected chi connectivity index (χ2v) is 6.86. The van der Waals surface area contributed by atoms with Gasteiger partial charge in [0, 0.05) is 29.9 Å². The number of rotatable bonds is 6. The van der Waals surface area contributed by atoms with Crippen molar-refractivity contribution in [3.8, 4) is 0 Å². The minimum atomic E-state index is -0.283. The van der Waals surface area contributed by atoms with Gasteiger partial charge in [-0.3, -0.25) is 4.79 Å². The molecule has 1 saturated heterocycles. The van der Waals surface area contributed by atoms with Crippen LogP contribution in [0.2, 0.25) is 5.02 Å². The van der Waals surface area contributed by atoms with Crippen molar-refractivity contribution in [2.24, 2.45) is 0 Å². The molecule has 0 spiro atoms. The molecule has 1 aliphatic heterocycles. The molecule has 0 saturated carbocycles. The van der Waals surface area contributed by atoms with Crippen molar-refractivity contribution in [2.75, 3.05) is 6.54 Å². The van der Waals surface area contributed by atoms with E-state index in [1.165, 1.54) is 0 Å². The minimum Gasteiger partial charge on any atom is -0.354 e. The van der Waals surface area contributed by atoms with Crippen LogP contribution in [0.4, 0.5) is 0 Å². The molecule has 8 heteroatoms. The number of nitrogens with zero attached hydrogens (tertiary/aromatic N) is 2. The molecule has 1 aromatic carbocycles. The van der Waals surface area contributed by atoms with Crippen LogP contribution in [0.3, 0.4) is 0 Å². The van der Waals surface area contributed by atoms with Crippen molar-refractivity contribution in [1.82, 2.24) is 26.3 Å². The van der Waals surface area contributed by atoms with Crippen molar-refractivity contribution in [3.63, 3.8) is 0 Å². The molecule has 7 nitrogen and oxygen atoms in total. The van der Waals surface area contributed by atoms with Gasteiger partial charge >= 0.3 is 0 Å². The molecule has 1 aromatic heterocycles. The van der Waals surface area contributed by atoms with Gasteiger partial charge in [0.1, 0.15) is 6.04 Å². The number of carbonyl (C=O) groups is 1. The van der Waals surface area contributed by atoms with Crippen molar-refractivity contribution in [1.29, 1.82) is 0 Å². The third kappa shape index (κ3) is 4.56. The molecule has 2 aromatic rings. The number of amides is 1. The van der Waals surface area contributed by atoms with Crippen LogP contribution in [-0.4, -0.2) is 28.6 Å². The van der Waals surface area contributed by atoms with Gasteiger partial charge < -0.3 is 9.84 Å². The Morgan fingerprint density at radius 3 is 2.80 bits per heavy atom. The van der Waals surface area contributed by atoms with E-state index in [-0.39, 0.29) is 23.9 Å². The van der Waals surface area contributed by atoms with E-state index in [1.807, 2.05) is 38.1 Å². The Hall–Kier alpha value is -1.96.